The highest BCUT2D eigenvalue weighted by molar-refractivity contribution is 6.30. The molecule has 5 heteroatoms. The molecule has 0 spiro atoms. The summed E-state index contributed by atoms with van der Waals surface area (Å²) in [7, 11) is 0. The van der Waals surface area contributed by atoms with E-state index in [1.165, 1.54) is 0 Å². The summed E-state index contributed by atoms with van der Waals surface area (Å²) in [4.78, 5) is 22.4. The van der Waals surface area contributed by atoms with Crippen molar-refractivity contribution in [2.75, 3.05) is 0 Å². The number of rotatable bonds is 3. The minimum atomic E-state index is -0.448. The van der Waals surface area contributed by atoms with E-state index in [1.54, 1.807) is 6.07 Å². The van der Waals surface area contributed by atoms with Gasteiger partial charge in [-0.25, -0.2) is 0 Å². The number of imide groups is 1. The second-order valence-corrected chi connectivity index (χ2v) is 4.55. The van der Waals surface area contributed by atoms with Crippen LogP contribution in [-0.4, -0.2) is 17.9 Å². The van der Waals surface area contributed by atoms with Gasteiger partial charge in [0.15, 0.2) is 0 Å². The Morgan fingerprint density at radius 3 is 2.82 bits per heavy atom. The van der Waals surface area contributed by atoms with Gasteiger partial charge >= 0.3 is 0 Å². The maximum atomic E-state index is 11.4. The standard InChI is InChI=1S/C12H13ClN2O2/c1-7(8-3-2-4-9(13)5-8)14-10-6-11(16)15-12(10)17/h2-5,7,10,14H,6H2,1H3,(H,15,16,17). The SMILES string of the molecule is CC(NC1CC(=O)NC1=O)c1cccc(Cl)c1. The summed E-state index contributed by atoms with van der Waals surface area (Å²) in [5, 5.41) is 6.04. The van der Waals surface area contributed by atoms with Crippen LogP contribution < -0.4 is 10.6 Å². The van der Waals surface area contributed by atoms with Gasteiger partial charge < -0.3 is 0 Å². The Morgan fingerprint density at radius 2 is 2.24 bits per heavy atom. The van der Waals surface area contributed by atoms with E-state index in [2.05, 4.69) is 10.6 Å². The van der Waals surface area contributed by atoms with Crippen molar-refractivity contribution in [1.82, 2.24) is 10.6 Å². The molecule has 90 valence electrons. The summed E-state index contributed by atoms with van der Waals surface area (Å²) in [6, 6.07) is 6.94. The number of benzene rings is 1. The highest BCUT2D eigenvalue weighted by atomic mass is 35.5. The number of carbonyl (C=O) groups is 2. The van der Waals surface area contributed by atoms with E-state index >= 15 is 0 Å². The van der Waals surface area contributed by atoms with Crippen LogP contribution in [0.3, 0.4) is 0 Å². The predicted molar refractivity (Wildman–Crippen MR) is 64.6 cm³/mol. The van der Waals surface area contributed by atoms with Crippen LogP contribution in [0.25, 0.3) is 0 Å². The van der Waals surface area contributed by atoms with Gasteiger partial charge in [-0.15, -0.1) is 0 Å². The third-order valence-corrected chi connectivity index (χ3v) is 3.00. The average molecular weight is 253 g/mol. The molecular weight excluding hydrogens is 240 g/mol. The van der Waals surface area contributed by atoms with Crippen molar-refractivity contribution < 1.29 is 9.59 Å². The fourth-order valence-corrected chi connectivity index (χ4v) is 2.06. The lowest BCUT2D eigenvalue weighted by molar-refractivity contribution is -0.125. The molecule has 0 bridgehead atoms. The maximum absolute atomic E-state index is 11.4. The number of halogens is 1. The molecule has 2 rings (SSSR count). The predicted octanol–water partition coefficient (Wildman–Crippen LogP) is 1.41. The highest BCUT2D eigenvalue weighted by Crippen LogP contribution is 2.18. The summed E-state index contributed by atoms with van der Waals surface area (Å²) in [6.45, 7) is 1.93. The van der Waals surface area contributed by atoms with Crippen molar-refractivity contribution in [2.24, 2.45) is 0 Å². The maximum Gasteiger partial charge on any atom is 0.244 e. The van der Waals surface area contributed by atoms with E-state index < -0.39 is 6.04 Å². The second kappa shape index (κ2) is 4.85. The molecule has 0 aromatic heterocycles. The monoisotopic (exact) mass is 252 g/mol. The van der Waals surface area contributed by atoms with Gasteiger partial charge in [0.2, 0.25) is 11.8 Å². The van der Waals surface area contributed by atoms with Gasteiger partial charge in [0, 0.05) is 11.1 Å². The Balaban J connectivity index is 2.04. The summed E-state index contributed by atoms with van der Waals surface area (Å²) < 4.78 is 0. The lowest BCUT2D eigenvalue weighted by Gasteiger charge is -2.17. The zero-order valence-electron chi connectivity index (χ0n) is 9.37. The Bertz CT molecular complexity index is 462. The van der Waals surface area contributed by atoms with Gasteiger partial charge in [0.25, 0.3) is 0 Å². The Hall–Kier alpha value is -1.39. The molecular formula is C12H13ClN2O2. The van der Waals surface area contributed by atoms with E-state index in [1.807, 2.05) is 25.1 Å². The first-order valence-electron chi connectivity index (χ1n) is 5.41. The fourth-order valence-electron chi connectivity index (χ4n) is 1.86. The molecule has 2 unspecified atom stereocenters. The van der Waals surface area contributed by atoms with Gasteiger partial charge in [0.05, 0.1) is 12.5 Å². The zero-order chi connectivity index (χ0) is 12.4. The molecule has 0 radical (unpaired) electrons. The van der Waals surface area contributed by atoms with Gasteiger partial charge in [-0.1, -0.05) is 23.7 Å². The van der Waals surface area contributed by atoms with Crippen molar-refractivity contribution in [3.8, 4) is 0 Å². The second-order valence-electron chi connectivity index (χ2n) is 4.11. The molecule has 2 amide bonds. The van der Waals surface area contributed by atoms with E-state index in [0.717, 1.165) is 5.56 Å². The third-order valence-electron chi connectivity index (χ3n) is 2.77. The number of carbonyl (C=O) groups excluding carboxylic acids is 2. The smallest absolute Gasteiger partial charge is 0.244 e. The number of nitrogens with one attached hydrogen (secondary N) is 2. The van der Waals surface area contributed by atoms with Crippen molar-refractivity contribution in [3.05, 3.63) is 34.9 Å². The Morgan fingerprint density at radius 1 is 1.47 bits per heavy atom. The zero-order valence-corrected chi connectivity index (χ0v) is 10.1. The number of hydrogen-bond donors (Lipinski definition) is 2. The van der Waals surface area contributed by atoms with E-state index in [0.29, 0.717) is 5.02 Å². The molecule has 17 heavy (non-hydrogen) atoms. The summed E-state index contributed by atoms with van der Waals surface area (Å²) in [6.07, 6.45) is 0.198. The molecule has 2 N–H and O–H groups in total. The van der Waals surface area contributed by atoms with Crippen LogP contribution in [0.2, 0.25) is 5.02 Å². The largest absolute Gasteiger partial charge is 0.299 e. The quantitative estimate of drug-likeness (QED) is 0.800. The topological polar surface area (TPSA) is 58.2 Å². The number of amides is 2. The Labute approximate surface area is 104 Å². The van der Waals surface area contributed by atoms with Crippen LogP contribution in [0, 0.1) is 0 Å². The highest BCUT2D eigenvalue weighted by Gasteiger charge is 2.31. The normalized spacial score (nSPS) is 21.4. The molecule has 1 aliphatic rings. The van der Waals surface area contributed by atoms with Crippen LogP contribution in [-0.2, 0) is 9.59 Å². The average Bonchev–Trinajstić information content (AvgIpc) is 2.57. The minimum Gasteiger partial charge on any atom is -0.299 e. The molecule has 1 saturated heterocycles. The van der Waals surface area contributed by atoms with Crippen molar-refractivity contribution >= 4 is 23.4 Å². The molecule has 1 aromatic carbocycles. The third kappa shape index (κ3) is 2.84. The Kier molecular flexibility index (Phi) is 3.45. The van der Waals surface area contributed by atoms with Crippen LogP contribution in [0.15, 0.2) is 24.3 Å². The van der Waals surface area contributed by atoms with Gasteiger partial charge in [-0.3, -0.25) is 20.2 Å². The first-order chi connectivity index (χ1) is 8.06. The lowest BCUT2D eigenvalue weighted by atomic mass is 10.1. The van der Waals surface area contributed by atoms with Crippen molar-refractivity contribution in [3.63, 3.8) is 0 Å². The molecule has 0 aliphatic carbocycles. The van der Waals surface area contributed by atoms with Crippen molar-refractivity contribution in [1.29, 1.82) is 0 Å². The van der Waals surface area contributed by atoms with Crippen LogP contribution in [0.1, 0.15) is 24.9 Å². The molecule has 2 atom stereocenters. The summed E-state index contributed by atoms with van der Waals surface area (Å²) >= 11 is 5.90. The van der Waals surface area contributed by atoms with Crippen LogP contribution in [0.5, 0.6) is 0 Å². The van der Waals surface area contributed by atoms with E-state index in [4.69, 9.17) is 11.6 Å². The van der Waals surface area contributed by atoms with Crippen LogP contribution >= 0.6 is 11.6 Å². The molecule has 0 saturated carbocycles. The first-order valence-corrected chi connectivity index (χ1v) is 5.79. The minimum absolute atomic E-state index is 0.0321. The van der Waals surface area contributed by atoms with E-state index in [-0.39, 0.29) is 24.3 Å². The molecule has 4 nitrogen and oxygen atoms in total. The molecule has 1 aliphatic heterocycles. The summed E-state index contributed by atoms with van der Waals surface area (Å²) in [5.41, 5.74) is 0.990. The van der Waals surface area contributed by atoms with Gasteiger partial charge in [0.1, 0.15) is 0 Å². The van der Waals surface area contributed by atoms with Gasteiger partial charge in [-0.05, 0) is 24.6 Å². The fraction of sp³-hybridized carbons (Fsp3) is 0.333. The molecule has 1 aromatic rings. The number of hydrogen-bond acceptors (Lipinski definition) is 3. The summed E-state index contributed by atoms with van der Waals surface area (Å²) in [5.74, 6) is -0.491. The van der Waals surface area contributed by atoms with Gasteiger partial charge in [-0.2, -0.15) is 0 Å². The van der Waals surface area contributed by atoms with Crippen molar-refractivity contribution in [2.45, 2.75) is 25.4 Å². The molecule has 1 fully saturated rings. The lowest BCUT2D eigenvalue weighted by Crippen LogP contribution is -2.37. The molecule has 1 heterocycles. The van der Waals surface area contributed by atoms with E-state index in [9.17, 15) is 9.59 Å². The van der Waals surface area contributed by atoms with Crippen LogP contribution in [0.4, 0.5) is 0 Å². The first kappa shape index (κ1) is 12.1.